The van der Waals surface area contributed by atoms with Gasteiger partial charge < -0.3 is 14.8 Å². The molecular formula is C12H17NO4. The van der Waals surface area contributed by atoms with Gasteiger partial charge in [-0.05, 0) is 31.4 Å². The van der Waals surface area contributed by atoms with Gasteiger partial charge in [0.25, 0.3) is 0 Å². The molecule has 17 heavy (non-hydrogen) atoms. The van der Waals surface area contributed by atoms with E-state index >= 15 is 0 Å². The molecule has 0 saturated heterocycles. The van der Waals surface area contributed by atoms with E-state index in [-0.39, 0.29) is 18.7 Å². The lowest BCUT2D eigenvalue weighted by Crippen LogP contribution is -2.11. The summed E-state index contributed by atoms with van der Waals surface area (Å²) >= 11 is 0. The summed E-state index contributed by atoms with van der Waals surface area (Å²) in [7, 11) is 0. The predicted octanol–water partition coefficient (Wildman–Crippen LogP) is 1.69. The number of rotatable bonds is 5. The molecule has 1 rings (SSSR count). The van der Waals surface area contributed by atoms with Crippen LogP contribution in [0.2, 0.25) is 0 Å². The van der Waals surface area contributed by atoms with Gasteiger partial charge in [-0.2, -0.15) is 0 Å². The SMILES string of the molecule is CCOC(=O)c1[nH]c(C)c(CC)c1CC(=O)O. The molecule has 0 aliphatic heterocycles. The molecule has 94 valence electrons. The minimum absolute atomic E-state index is 0.165. The van der Waals surface area contributed by atoms with Gasteiger partial charge in [0, 0.05) is 5.69 Å². The summed E-state index contributed by atoms with van der Waals surface area (Å²) in [5, 5.41) is 8.87. The summed E-state index contributed by atoms with van der Waals surface area (Å²) in [4.78, 5) is 25.4. The average molecular weight is 239 g/mol. The van der Waals surface area contributed by atoms with Crippen LogP contribution in [0, 0.1) is 6.92 Å². The Labute approximate surface area is 99.8 Å². The lowest BCUT2D eigenvalue weighted by Gasteiger charge is -2.03. The number of aromatic nitrogens is 1. The number of carboxylic acid groups (broad SMARTS) is 1. The van der Waals surface area contributed by atoms with Crippen molar-refractivity contribution in [3.63, 3.8) is 0 Å². The summed E-state index contributed by atoms with van der Waals surface area (Å²) < 4.78 is 4.90. The minimum Gasteiger partial charge on any atom is -0.481 e. The van der Waals surface area contributed by atoms with Crippen LogP contribution in [0.3, 0.4) is 0 Å². The van der Waals surface area contributed by atoms with E-state index in [1.807, 2.05) is 13.8 Å². The monoisotopic (exact) mass is 239 g/mol. The summed E-state index contributed by atoms with van der Waals surface area (Å²) in [6, 6.07) is 0. The van der Waals surface area contributed by atoms with E-state index in [2.05, 4.69) is 4.98 Å². The second-order valence-corrected chi connectivity index (χ2v) is 3.73. The standard InChI is InChI=1S/C12H17NO4/c1-4-8-7(3)13-11(12(16)17-5-2)9(8)6-10(14)15/h13H,4-6H2,1-3H3,(H,14,15). The molecule has 0 aliphatic rings. The van der Waals surface area contributed by atoms with Gasteiger partial charge in [-0.25, -0.2) is 4.79 Å². The molecule has 0 unspecified atom stereocenters. The van der Waals surface area contributed by atoms with Crippen molar-refractivity contribution in [1.29, 1.82) is 0 Å². The Kier molecular flexibility index (Phi) is 4.31. The highest BCUT2D eigenvalue weighted by Gasteiger charge is 2.21. The largest absolute Gasteiger partial charge is 0.481 e. The number of carboxylic acids is 1. The fraction of sp³-hybridized carbons (Fsp3) is 0.500. The summed E-state index contributed by atoms with van der Waals surface area (Å²) in [6.45, 7) is 5.74. The van der Waals surface area contributed by atoms with Gasteiger partial charge in [0.05, 0.1) is 13.0 Å². The van der Waals surface area contributed by atoms with Gasteiger partial charge in [-0.1, -0.05) is 6.92 Å². The maximum Gasteiger partial charge on any atom is 0.355 e. The number of hydrogen-bond donors (Lipinski definition) is 2. The molecule has 5 heteroatoms. The normalized spacial score (nSPS) is 10.3. The van der Waals surface area contributed by atoms with Crippen LogP contribution in [0.4, 0.5) is 0 Å². The van der Waals surface area contributed by atoms with Crippen LogP contribution in [0.5, 0.6) is 0 Å². The molecule has 0 spiro atoms. The van der Waals surface area contributed by atoms with Crippen molar-refractivity contribution in [3.8, 4) is 0 Å². The third-order valence-electron chi connectivity index (χ3n) is 2.59. The second-order valence-electron chi connectivity index (χ2n) is 3.73. The van der Waals surface area contributed by atoms with Crippen LogP contribution in [0.1, 0.15) is 41.2 Å². The molecule has 0 aromatic carbocycles. The zero-order valence-electron chi connectivity index (χ0n) is 10.3. The Bertz CT molecular complexity index is 434. The molecule has 0 atom stereocenters. The predicted molar refractivity (Wildman–Crippen MR) is 62.2 cm³/mol. The fourth-order valence-electron chi connectivity index (χ4n) is 1.92. The summed E-state index contributed by atoms with van der Waals surface area (Å²) in [5.74, 6) is -1.45. The van der Waals surface area contributed by atoms with Crippen molar-refractivity contribution >= 4 is 11.9 Å². The first-order chi connectivity index (χ1) is 8.01. The van der Waals surface area contributed by atoms with Gasteiger partial charge in [0.2, 0.25) is 0 Å². The molecule has 2 N–H and O–H groups in total. The first-order valence-electron chi connectivity index (χ1n) is 5.60. The molecule has 5 nitrogen and oxygen atoms in total. The number of nitrogens with one attached hydrogen (secondary N) is 1. The van der Waals surface area contributed by atoms with Crippen molar-refractivity contribution in [1.82, 2.24) is 4.98 Å². The quantitative estimate of drug-likeness (QED) is 0.766. The average Bonchev–Trinajstić information content (AvgIpc) is 2.54. The van der Waals surface area contributed by atoms with E-state index in [4.69, 9.17) is 9.84 Å². The molecule has 1 aromatic heterocycles. The lowest BCUT2D eigenvalue weighted by molar-refractivity contribution is -0.136. The Hall–Kier alpha value is -1.78. The topological polar surface area (TPSA) is 79.4 Å². The zero-order chi connectivity index (χ0) is 13.0. The van der Waals surface area contributed by atoms with Crippen LogP contribution in [-0.4, -0.2) is 28.6 Å². The van der Waals surface area contributed by atoms with E-state index in [0.717, 1.165) is 11.3 Å². The van der Waals surface area contributed by atoms with Crippen molar-refractivity contribution in [2.45, 2.75) is 33.6 Å². The smallest absolute Gasteiger partial charge is 0.355 e. The first-order valence-corrected chi connectivity index (χ1v) is 5.60. The third-order valence-corrected chi connectivity index (χ3v) is 2.59. The molecular weight excluding hydrogens is 222 g/mol. The van der Waals surface area contributed by atoms with Crippen LogP contribution in [0.15, 0.2) is 0 Å². The number of hydrogen-bond acceptors (Lipinski definition) is 3. The molecule has 1 aromatic rings. The molecule has 0 radical (unpaired) electrons. The van der Waals surface area contributed by atoms with Crippen LogP contribution >= 0.6 is 0 Å². The number of esters is 1. The Morgan fingerprint density at radius 1 is 1.29 bits per heavy atom. The van der Waals surface area contributed by atoms with Crippen LogP contribution < -0.4 is 0 Å². The number of carbonyl (C=O) groups is 2. The molecule has 0 saturated carbocycles. The molecule has 0 aliphatic carbocycles. The second kappa shape index (κ2) is 5.52. The van der Waals surface area contributed by atoms with E-state index in [1.165, 1.54) is 0 Å². The van der Waals surface area contributed by atoms with Crippen molar-refractivity contribution < 1.29 is 19.4 Å². The van der Waals surface area contributed by atoms with E-state index in [1.54, 1.807) is 6.92 Å². The van der Waals surface area contributed by atoms with Gasteiger partial charge >= 0.3 is 11.9 Å². The van der Waals surface area contributed by atoms with Gasteiger partial charge in [-0.3, -0.25) is 4.79 Å². The molecule has 0 fully saturated rings. The summed E-state index contributed by atoms with van der Waals surface area (Å²) in [5.41, 5.74) is 2.52. The van der Waals surface area contributed by atoms with Crippen molar-refractivity contribution in [3.05, 3.63) is 22.5 Å². The van der Waals surface area contributed by atoms with Crippen molar-refractivity contribution in [2.75, 3.05) is 6.61 Å². The maximum atomic E-state index is 11.7. The Morgan fingerprint density at radius 2 is 1.94 bits per heavy atom. The Balaban J connectivity index is 3.19. The lowest BCUT2D eigenvalue weighted by atomic mass is 10.0. The van der Waals surface area contributed by atoms with Crippen LogP contribution in [-0.2, 0) is 22.4 Å². The molecule has 0 bridgehead atoms. The maximum absolute atomic E-state index is 11.7. The third kappa shape index (κ3) is 2.87. The van der Waals surface area contributed by atoms with E-state index in [0.29, 0.717) is 12.0 Å². The zero-order valence-corrected chi connectivity index (χ0v) is 10.3. The van der Waals surface area contributed by atoms with E-state index in [9.17, 15) is 9.59 Å². The van der Waals surface area contributed by atoms with Gasteiger partial charge in [0.15, 0.2) is 0 Å². The van der Waals surface area contributed by atoms with Gasteiger partial charge in [0.1, 0.15) is 5.69 Å². The number of carbonyl (C=O) groups excluding carboxylic acids is 1. The molecule has 0 amide bonds. The highest BCUT2D eigenvalue weighted by Crippen LogP contribution is 2.21. The van der Waals surface area contributed by atoms with Gasteiger partial charge in [-0.15, -0.1) is 0 Å². The highest BCUT2D eigenvalue weighted by atomic mass is 16.5. The van der Waals surface area contributed by atoms with Crippen LogP contribution in [0.25, 0.3) is 0 Å². The van der Waals surface area contributed by atoms with E-state index < -0.39 is 11.9 Å². The fourth-order valence-corrected chi connectivity index (χ4v) is 1.92. The number of aryl methyl sites for hydroxylation is 1. The van der Waals surface area contributed by atoms with Crippen molar-refractivity contribution in [2.24, 2.45) is 0 Å². The number of aliphatic carboxylic acids is 1. The first kappa shape index (κ1) is 13.3. The number of ether oxygens (including phenoxy) is 1. The number of aromatic amines is 1. The molecule has 1 heterocycles. The Morgan fingerprint density at radius 3 is 2.41 bits per heavy atom. The summed E-state index contributed by atoms with van der Waals surface area (Å²) in [6.07, 6.45) is 0.520. The number of H-pyrrole nitrogens is 1. The minimum atomic E-state index is -0.954. The highest BCUT2D eigenvalue weighted by molar-refractivity contribution is 5.91.